The van der Waals surface area contributed by atoms with Crippen LogP contribution in [0.2, 0.25) is 0 Å². The van der Waals surface area contributed by atoms with Crippen LogP contribution in [0, 0.1) is 6.92 Å². The van der Waals surface area contributed by atoms with Gasteiger partial charge >= 0.3 is 0 Å². The number of hydrogen-bond acceptors (Lipinski definition) is 2. The molecule has 1 unspecified atom stereocenters. The minimum Gasteiger partial charge on any atom is -0.313 e. The Morgan fingerprint density at radius 2 is 2.00 bits per heavy atom. The molecule has 0 saturated heterocycles. The summed E-state index contributed by atoms with van der Waals surface area (Å²) in [6.07, 6.45) is 4.29. The molecule has 18 heavy (non-hydrogen) atoms. The van der Waals surface area contributed by atoms with E-state index in [1.54, 1.807) is 0 Å². The normalized spacial score (nSPS) is 12.6. The van der Waals surface area contributed by atoms with Crippen LogP contribution in [-0.4, -0.2) is 16.8 Å². The van der Waals surface area contributed by atoms with Crippen molar-refractivity contribution in [1.82, 2.24) is 15.1 Å². The minimum atomic E-state index is 0.374. The first kappa shape index (κ1) is 12.8. The zero-order valence-corrected chi connectivity index (χ0v) is 11.4. The lowest BCUT2D eigenvalue weighted by Crippen LogP contribution is -2.17. The summed E-state index contributed by atoms with van der Waals surface area (Å²) in [7, 11) is 3.99. The molecule has 0 aliphatic heterocycles. The lowest BCUT2D eigenvalue weighted by Gasteiger charge is -2.15. The number of hydrogen-bond donors (Lipinski definition) is 1. The minimum absolute atomic E-state index is 0.374. The van der Waals surface area contributed by atoms with Gasteiger partial charge in [0, 0.05) is 24.8 Å². The third-order valence-corrected chi connectivity index (χ3v) is 3.34. The lowest BCUT2D eigenvalue weighted by atomic mass is 10.00. The molecule has 1 aromatic carbocycles. The van der Waals surface area contributed by atoms with Crippen LogP contribution in [-0.2, 0) is 13.5 Å². The van der Waals surface area contributed by atoms with Gasteiger partial charge in [0.2, 0.25) is 0 Å². The van der Waals surface area contributed by atoms with Gasteiger partial charge in [0.05, 0.1) is 5.69 Å². The average Bonchev–Trinajstić information content (AvgIpc) is 2.71. The van der Waals surface area contributed by atoms with Crippen molar-refractivity contribution in [3.05, 3.63) is 53.3 Å². The van der Waals surface area contributed by atoms with E-state index in [-0.39, 0.29) is 0 Å². The molecule has 0 saturated carbocycles. The van der Waals surface area contributed by atoms with E-state index in [4.69, 9.17) is 0 Å². The predicted octanol–water partition coefficient (Wildman–Crippen LogP) is 2.62. The Balaban J connectivity index is 2.04. The largest absolute Gasteiger partial charge is 0.313 e. The average molecular weight is 243 g/mol. The molecule has 3 heteroatoms. The Kier molecular flexibility index (Phi) is 4.15. The number of nitrogens with zero attached hydrogens (tertiary/aromatic N) is 2. The Morgan fingerprint density at radius 3 is 2.56 bits per heavy atom. The molecule has 96 valence electrons. The Morgan fingerprint density at radius 1 is 1.28 bits per heavy atom. The first-order valence-electron chi connectivity index (χ1n) is 6.42. The van der Waals surface area contributed by atoms with Crippen LogP contribution in [0.4, 0.5) is 0 Å². The molecule has 2 aromatic rings. The van der Waals surface area contributed by atoms with Gasteiger partial charge in [0.25, 0.3) is 0 Å². The number of aromatic nitrogens is 2. The smallest absolute Gasteiger partial charge is 0.0641 e. The topological polar surface area (TPSA) is 29.9 Å². The second kappa shape index (κ2) is 5.83. The maximum Gasteiger partial charge on any atom is 0.0641 e. The van der Waals surface area contributed by atoms with E-state index in [1.165, 1.54) is 11.1 Å². The molecular formula is C15H21N3. The van der Waals surface area contributed by atoms with Crippen LogP contribution in [0.1, 0.15) is 29.3 Å². The van der Waals surface area contributed by atoms with Crippen molar-refractivity contribution in [1.29, 1.82) is 0 Å². The number of rotatable bonds is 5. The fourth-order valence-electron chi connectivity index (χ4n) is 2.37. The van der Waals surface area contributed by atoms with Gasteiger partial charge in [-0.2, -0.15) is 5.10 Å². The Bertz CT molecular complexity index is 488. The summed E-state index contributed by atoms with van der Waals surface area (Å²) in [4.78, 5) is 0. The summed E-state index contributed by atoms with van der Waals surface area (Å²) in [6, 6.07) is 11.0. The highest BCUT2D eigenvalue weighted by Gasteiger charge is 2.14. The summed E-state index contributed by atoms with van der Waals surface area (Å²) in [5.41, 5.74) is 3.81. The van der Waals surface area contributed by atoms with Crippen molar-refractivity contribution in [2.24, 2.45) is 7.05 Å². The highest BCUT2D eigenvalue weighted by Crippen LogP contribution is 2.21. The molecule has 3 nitrogen and oxygen atoms in total. The van der Waals surface area contributed by atoms with Crippen LogP contribution < -0.4 is 5.32 Å². The van der Waals surface area contributed by atoms with Crippen molar-refractivity contribution in [2.75, 3.05) is 7.05 Å². The molecule has 1 atom stereocenters. The van der Waals surface area contributed by atoms with Crippen molar-refractivity contribution in [3.63, 3.8) is 0 Å². The van der Waals surface area contributed by atoms with Crippen molar-refractivity contribution in [3.8, 4) is 0 Å². The van der Waals surface area contributed by atoms with Gasteiger partial charge in [-0.1, -0.05) is 30.3 Å². The fourth-order valence-corrected chi connectivity index (χ4v) is 2.37. The van der Waals surface area contributed by atoms with E-state index in [0.717, 1.165) is 18.5 Å². The molecule has 0 aliphatic carbocycles. The van der Waals surface area contributed by atoms with Crippen molar-refractivity contribution < 1.29 is 0 Å². The molecule has 1 N–H and O–H groups in total. The highest BCUT2D eigenvalue weighted by molar-refractivity contribution is 5.21. The summed E-state index contributed by atoms with van der Waals surface area (Å²) in [6.45, 7) is 2.07. The van der Waals surface area contributed by atoms with Gasteiger partial charge < -0.3 is 5.32 Å². The van der Waals surface area contributed by atoms with Gasteiger partial charge in [-0.25, -0.2) is 0 Å². The third-order valence-electron chi connectivity index (χ3n) is 3.34. The molecule has 0 fully saturated rings. The Labute approximate surface area is 109 Å². The number of aryl methyl sites for hydroxylation is 3. The Hall–Kier alpha value is -1.61. The van der Waals surface area contributed by atoms with Crippen LogP contribution in [0.25, 0.3) is 0 Å². The zero-order chi connectivity index (χ0) is 13.0. The molecule has 0 bridgehead atoms. The second-order valence-corrected chi connectivity index (χ2v) is 4.71. The summed E-state index contributed by atoms with van der Waals surface area (Å²) < 4.78 is 1.89. The number of benzene rings is 1. The van der Waals surface area contributed by atoms with E-state index < -0.39 is 0 Å². The van der Waals surface area contributed by atoms with Gasteiger partial charge in [0.1, 0.15) is 0 Å². The molecular weight excluding hydrogens is 222 g/mol. The molecule has 0 amide bonds. The molecule has 0 aliphatic rings. The fraction of sp³-hybridized carbons (Fsp3) is 0.400. The lowest BCUT2D eigenvalue weighted by molar-refractivity contribution is 0.546. The maximum absolute atomic E-state index is 4.41. The molecule has 1 heterocycles. The maximum atomic E-state index is 4.41. The van der Waals surface area contributed by atoms with Gasteiger partial charge in [-0.3, -0.25) is 4.68 Å². The SMILES string of the molecule is CNC(CCc1ccccc1)c1cn(C)nc1C. The van der Waals surface area contributed by atoms with Crippen LogP contribution in [0.3, 0.4) is 0 Å². The molecule has 1 aromatic heterocycles. The first-order chi connectivity index (χ1) is 8.70. The van der Waals surface area contributed by atoms with E-state index in [9.17, 15) is 0 Å². The predicted molar refractivity (Wildman–Crippen MR) is 74.5 cm³/mol. The van der Waals surface area contributed by atoms with E-state index in [0.29, 0.717) is 6.04 Å². The van der Waals surface area contributed by atoms with Crippen LogP contribution in [0.15, 0.2) is 36.5 Å². The zero-order valence-electron chi connectivity index (χ0n) is 11.4. The van der Waals surface area contributed by atoms with Crippen LogP contribution in [0.5, 0.6) is 0 Å². The molecule has 2 rings (SSSR count). The first-order valence-corrected chi connectivity index (χ1v) is 6.42. The van der Waals surface area contributed by atoms with Gasteiger partial charge in [0.15, 0.2) is 0 Å². The summed E-state index contributed by atoms with van der Waals surface area (Å²) >= 11 is 0. The standard InChI is InChI=1S/C15H21N3/c1-12-14(11-18(3)17-12)15(16-2)10-9-13-7-5-4-6-8-13/h4-8,11,15-16H,9-10H2,1-3H3. The van der Waals surface area contributed by atoms with E-state index in [1.807, 2.05) is 18.8 Å². The van der Waals surface area contributed by atoms with E-state index >= 15 is 0 Å². The summed E-state index contributed by atoms with van der Waals surface area (Å²) in [5.74, 6) is 0. The van der Waals surface area contributed by atoms with Gasteiger partial charge in [-0.15, -0.1) is 0 Å². The van der Waals surface area contributed by atoms with Gasteiger partial charge in [-0.05, 0) is 32.4 Å². The summed E-state index contributed by atoms with van der Waals surface area (Å²) in [5, 5.41) is 7.80. The molecule has 0 spiro atoms. The van der Waals surface area contributed by atoms with Crippen LogP contribution >= 0.6 is 0 Å². The quantitative estimate of drug-likeness (QED) is 0.875. The second-order valence-electron chi connectivity index (χ2n) is 4.71. The van der Waals surface area contributed by atoms with E-state index in [2.05, 4.69) is 53.9 Å². The van der Waals surface area contributed by atoms with Crippen molar-refractivity contribution in [2.45, 2.75) is 25.8 Å². The number of nitrogens with one attached hydrogen (secondary N) is 1. The highest BCUT2D eigenvalue weighted by atomic mass is 15.3. The monoisotopic (exact) mass is 243 g/mol. The molecule has 0 radical (unpaired) electrons. The third kappa shape index (κ3) is 2.99. The van der Waals surface area contributed by atoms with Crippen molar-refractivity contribution >= 4 is 0 Å².